The third-order valence-corrected chi connectivity index (χ3v) is 8.86. The molecule has 2 saturated carbocycles. The normalized spacial score (nSPS) is 18.3. The summed E-state index contributed by atoms with van der Waals surface area (Å²) in [6, 6.07) is 3.82. The molecule has 0 radical (unpaired) electrons. The molecule has 238 valence electrons. The zero-order valence-electron chi connectivity index (χ0n) is 25.1. The number of aromatic nitrogens is 5. The summed E-state index contributed by atoms with van der Waals surface area (Å²) in [6.07, 6.45) is -2.34. The fourth-order valence-electron chi connectivity index (χ4n) is 6.20. The monoisotopic (exact) mass is 621 g/mol. The first-order chi connectivity index (χ1) is 20.7. The van der Waals surface area contributed by atoms with Crippen LogP contribution in [0.5, 0.6) is 0 Å². The minimum atomic E-state index is -4.94. The number of benzene rings is 1. The summed E-state index contributed by atoms with van der Waals surface area (Å²) in [5, 5.41) is 12.3. The molecule has 0 unspecified atom stereocenters. The molecule has 3 aliphatic carbocycles. The third-order valence-electron chi connectivity index (χ3n) is 8.86. The molecule has 2 fully saturated rings. The van der Waals surface area contributed by atoms with Crippen molar-refractivity contribution >= 4 is 11.8 Å². The van der Waals surface area contributed by atoms with Gasteiger partial charge in [0.25, 0.3) is 5.95 Å². The highest BCUT2D eigenvalue weighted by Crippen LogP contribution is 2.42. The summed E-state index contributed by atoms with van der Waals surface area (Å²) in [6.45, 7) is 6.02. The maximum atomic E-state index is 13.7. The predicted octanol–water partition coefficient (Wildman–Crippen LogP) is 7.09. The lowest BCUT2D eigenvalue weighted by Crippen LogP contribution is -2.34. The van der Waals surface area contributed by atoms with Crippen LogP contribution in [0.3, 0.4) is 0 Å². The van der Waals surface area contributed by atoms with E-state index in [1.807, 2.05) is 0 Å². The first-order valence-corrected chi connectivity index (χ1v) is 15.2. The van der Waals surface area contributed by atoms with E-state index < -0.39 is 23.5 Å². The zero-order chi connectivity index (χ0) is 31.4. The number of pyridine rings is 1. The van der Waals surface area contributed by atoms with Gasteiger partial charge < -0.3 is 9.80 Å². The Kier molecular flexibility index (Phi) is 7.80. The molecule has 0 atom stereocenters. The number of alkyl halides is 6. The number of tetrazole rings is 1. The van der Waals surface area contributed by atoms with E-state index >= 15 is 0 Å². The number of anilines is 2. The minimum absolute atomic E-state index is 0.107. The lowest BCUT2D eigenvalue weighted by molar-refractivity contribution is -0.143. The molecular formula is C31H37F6N7. The van der Waals surface area contributed by atoms with Crippen LogP contribution in [0.15, 0.2) is 24.3 Å². The van der Waals surface area contributed by atoms with Gasteiger partial charge in [-0.1, -0.05) is 18.9 Å². The average molecular weight is 622 g/mol. The number of nitrogens with zero attached hydrogens (tertiary/aromatic N) is 7. The molecular weight excluding hydrogens is 584 g/mol. The molecule has 0 saturated heterocycles. The van der Waals surface area contributed by atoms with Crippen LogP contribution in [0.2, 0.25) is 0 Å². The number of aryl methyl sites for hydroxylation is 2. The number of fused-ring (bicyclic) bond motifs is 1. The predicted molar refractivity (Wildman–Crippen MR) is 153 cm³/mol. The van der Waals surface area contributed by atoms with Gasteiger partial charge in [0, 0.05) is 37.2 Å². The Labute approximate surface area is 252 Å². The topological polar surface area (TPSA) is 63.0 Å². The second-order valence-electron chi connectivity index (χ2n) is 13.4. The molecule has 2 aromatic heterocycles. The van der Waals surface area contributed by atoms with Gasteiger partial charge in [-0.15, -0.1) is 5.10 Å². The Balaban J connectivity index is 1.43. The molecule has 3 aromatic rings. The number of hydrogen-bond acceptors (Lipinski definition) is 6. The fraction of sp³-hybridized carbons (Fsp3) is 0.613. The Morgan fingerprint density at radius 1 is 0.864 bits per heavy atom. The van der Waals surface area contributed by atoms with Crippen molar-refractivity contribution in [3.05, 3.63) is 57.8 Å². The molecule has 6 rings (SSSR count). The smallest absolute Gasteiger partial charge is 0.356 e. The highest BCUT2D eigenvalue weighted by atomic mass is 19.4. The molecule has 13 heteroatoms. The van der Waals surface area contributed by atoms with Crippen LogP contribution in [-0.2, 0) is 44.3 Å². The van der Waals surface area contributed by atoms with Crippen molar-refractivity contribution in [3.8, 4) is 0 Å². The summed E-state index contributed by atoms with van der Waals surface area (Å²) in [5.41, 5.74) is 0.0863. The summed E-state index contributed by atoms with van der Waals surface area (Å²) in [4.78, 5) is 10.5. The molecule has 3 aliphatic rings. The van der Waals surface area contributed by atoms with Crippen molar-refractivity contribution in [1.82, 2.24) is 25.2 Å². The van der Waals surface area contributed by atoms with Crippen LogP contribution in [0.4, 0.5) is 38.1 Å². The lowest BCUT2D eigenvalue weighted by atomic mass is 9.75. The quantitative estimate of drug-likeness (QED) is 0.225. The van der Waals surface area contributed by atoms with Crippen LogP contribution in [0.1, 0.15) is 85.9 Å². The van der Waals surface area contributed by atoms with Crippen LogP contribution in [0.25, 0.3) is 0 Å². The third kappa shape index (κ3) is 6.96. The molecule has 0 spiro atoms. The molecule has 2 heterocycles. The van der Waals surface area contributed by atoms with Crippen LogP contribution in [0, 0.1) is 11.8 Å². The van der Waals surface area contributed by atoms with Gasteiger partial charge in [-0.2, -0.15) is 31.1 Å². The van der Waals surface area contributed by atoms with E-state index in [1.54, 1.807) is 11.9 Å². The van der Waals surface area contributed by atoms with Gasteiger partial charge in [-0.25, -0.2) is 4.98 Å². The molecule has 0 aliphatic heterocycles. The van der Waals surface area contributed by atoms with Gasteiger partial charge in [-0.3, -0.25) is 0 Å². The summed E-state index contributed by atoms with van der Waals surface area (Å²) in [7, 11) is 1.56. The van der Waals surface area contributed by atoms with Crippen molar-refractivity contribution in [1.29, 1.82) is 0 Å². The second kappa shape index (κ2) is 11.2. The SMILES string of the molecule is Cn1nnc(N(Cc2cc(C(F)(F)F)cc(C(F)(F)F)c2)Cc2cc3c(nc2N(CC2CC2)CC2CC2)C(C)(C)CCC3)n1. The van der Waals surface area contributed by atoms with E-state index in [9.17, 15) is 26.3 Å². The Hall–Kier alpha value is -3.38. The van der Waals surface area contributed by atoms with E-state index in [0.717, 1.165) is 67.1 Å². The van der Waals surface area contributed by atoms with Crippen molar-refractivity contribution in [2.45, 2.75) is 89.7 Å². The highest BCUT2D eigenvalue weighted by molar-refractivity contribution is 5.54. The number of halogens is 6. The van der Waals surface area contributed by atoms with E-state index in [1.165, 1.54) is 30.5 Å². The van der Waals surface area contributed by atoms with Gasteiger partial charge in [-0.05, 0) is 97.4 Å². The first kappa shape index (κ1) is 30.6. The number of rotatable bonds is 10. The number of hydrogen-bond donors (Lipinski definition) is 0. The van der Waals surface area contributed by atoms with Crippen LogP contribution < -0.4 is 9.80 Å². The van der Waals surface area contributed by atoms with Crippen LogP contribution in [-0.4, -0.2) is 38.3 Å². The summed E-state index contributed by atoms with van der Waals surface area (Å²) < 4.78 is 82.2. The maximum Gasteiger partial charge on any atom is 0.416 e. The van der Waals surface area contributed by atoms with E-state index in [2.05, 4.69) is 40.2 Å². The zero-order valence-corrected chi connectivity index (χ0v) is 25.1. The molecule has 0 bridgehead atoms. The molecule has 7 nitrogen and oxygen atoms in total. The first-order valence-electron chi connectivity index (χ1n) is 15.2. The average Bonchev–Trinajstić information content (AvgIpc) is 3.87. The largest absolute Gasteiger partial charge is 0.416 e. The van der Waals surface area contributed by atoms with Gasteiger partial charge in [0.1, 0.15) is 5.82 Å². The Morgan fingerprint density at radius 3 is 2.00 bits per heavy atom. The van der Waals surface area contributed by atoms with Gasteiger partial charge in [0.2, 0.25) is 0 Å². The van der Waals surface area contributed by atoms with Crippen molar-refractivity contribution in [2.75, 3.05) is 22.9 Å². The molecule has 1 aromatic carbocycles. The highest BCUT2D eigenvalue weighted by Gasteiger charge is 2.38. The molecule has 0 amide bonds. The standard InChI is InChI=1S/C31H37F6N7/c1-29(2)10-4-5-22-13-23(27(38-26(22)29)43(15-19-6-7-19)16-20-8-9-20)18-44(28-39-41-42(3)40-28)17-21-11-24(30(32,33)34)14-25(12-21)31(35,36)37/h11-14,19-20H,4-10,15-18H2,1-3H3. The van der Waals surface area contributed by atoms with Crippen molar-refractivity contribution < 1.29 is 26.3 Å². The van der Waals surface area contributed by atoms with Crippen molar-refractivity contribution in [2.24, 2.45) is 18.9 Å². The fourth-order valence-corrected chi connectivity index (χ4v) is 6.20. The van der Waals surface area contributed by atoms with Gasteiger partial charge in [0.05, 0.1) is 23.9 Å². The van der Waals surface area contributed by atoms with Gasteiger partial charge in [0.15, 0.2) is 0 Å². The maximum absolute atomic E-state index is 13.7. The van der Waals surface area contributed by atoms with Crippen molar-refractivity contribution in [3.63, 3.8) is 0 Å². The van der Waals surface area contributed by atoms with E-state index in [4.69, 9.17) is 4.98 Å². The Bertz CT molecular complexity index is 1460. The van der Waals surface area contributed by atoms with E-state index in [0.29, 0.717) is 11.8 Å². The second-order valence-corrected chi connectivity index (χ2v) is 13.4. The van der Waals surface area contributed by atoms with Gasteiger partial charge >= 0.3 is 12.4 Å². The minimum Gasteiger partial charge on any atom is -0.356 e. The Morgan fingerprint density at radius 2 is 1.48 bits per heavy atom. The molecule has 0 N–H and O–H groups in total. The molecule has 44 heavy (non-hydrogen) atoms. The van der Waals surface area contributed by atoms with E-state index in [-0.39, 0.29) is 36.1 Å². The summed E-state index contributed by atoms with van der Waals surface area (Å²) >= 11 is 0. The summed E-state index contributed by atoms with van der Waals surface area (Å²) in [5.74, 6) is 2.14. The van der Waals surface area contributed by atoms with Crippen LogP contribution >= 0.6 is 0 Å². The lowest BCUT2D eigenvalue weighted by Gasteiger charge is -2.35.